The Morgan fingerprint density at radius 2 is 1.86 bits per heavy atom. The first-order chi connectivity index (χ1) is 10.1. The number of aliphatic carboxylic acids is 1. The highest BCUT2D eigenvalue weighted by atomic mass is 16.4. The standard InChI is InChI=1S/C14H22N4O3/c1-11-12(6-7-14(20)21)15-16-18(11)10-13(19)17-8-4-2-3-5-9-17/h2-10H2,1H3,(H,20,21). The molecule has 7 nitrogen and oxygen atoms in total. The normalized spacial score (nSPS) is 15.8. The molecule has 0 unspecified atom stereocenters. The molecule has 0 aromatic carbocycles. The minimum atomic E-state index is -0.857. The van der Waals surface area contributed by atoms with Crippen LogP contribution in [0, 0.1) is 6.92 Å². The Labute approximate surface area is 123 Å². The summed E-state index contributed by atoms with van der Waals surface area (Å²) < 4.78 is 1.57. The van der Waals surface area contributed by atoms with Crippen LogP contribution in [0.5, 0.6) is 0 Å². The van der Waals surface area contributed by atoms with Crippen LogP contribution in [-0.2, 0) is 22.6 Å². The van der Waals surface area contributed by atoms with Crippen molar-refractivity contribution in [3.8, 4) is 0 Å². The van der Waals surface area contributed by atoms with E-state index in [0.717, 1.165) is 31.6 Å². The van der Waals surface area contributed by atoms with Gasteiger partial charge in [-0.15, -0.1) is 5.10 Å². The van der Waals surface area contributed by atoms with Crippen LogP contribution in [0.4, 0.5) is 0 Å². The summed E-state index contributed by atoms with van der Waals surface area (Å²) in [6.07, 6.45) is 4.87. The van der Waals surface area contributed by atoms with E-state index in [2.05, 4.69) is 10.3 Å². The van der Waals surface area contributed by atoms with Gasteiger partial charge in [0, 0.05) is 19.5 Å². The van der Waals surface area contributed by atoms with E-state index in [1.54, 1.807) is 4.68 Å². The third kappa shape index (κ3) is 4.27. The molecule has 1 amide bonds. The quantitative estimate of drug-likeness (QED) is 0.875. The zero-order valence-corrected chi connectivity index (χ0v) is 12.4. The Hall–Kier alpha value is -1.92. The molecule has 1 fully saturated rings. The highest BCUT2D eigenvalue weighted by Gasteiger charge is 2.18. The van der Waals surface area contributed by atoms with E-state index in [-0.39, 0.29) is 18.9 Å². The van der Waals surface area contributed by atoms with Gasteiger partial charge in [0.2, 0.25) is 5.91 Å². The van der Waals surface area contributed by atoms with Gasteiger partial charge in [0.05, 0.1) is 17.8 Å². The van der Waals surface area contributed by atoms with Gasteiger partial charge in [-0.3, -0.25) is 9.59 Å². The van der Waals surface area contributed by atoms with E-state index in [9.17, 15) is 9.59 Å². The number of rotatable bonds is 5. The fraction of sp³-hybridized carbons (Fsp3) is 0.714. The van der Waals surface area contributed by atoms with Gasteiger partial charge in [-0.1, -0.05) is 18.1 Å². The van der Waals surface area contributed by atoms with E-state index in [0.29, 0.717) is 12.1 Å². The molecule has 1 saturated heterocycles. The lowest BCUT2D eigenvalue weighted by atomic mass is 10.2. The third-order valence-electron chi connectivity index (χ3n) is 3.90. The van der Waals surface area contributed by atoms with Crippen LogP contribution < -0.4 is 0 Å². The highest BCUT2D eigenvalue weighted by molar-refractivity contribution is 5.76. The Kier molecular flexibility index (Phi) is 5.30. The van der Waals surface area contributed by atoms with Gasteiger partial charge in [-0.05, 0) is 19.8 Å². The summed E-state index contributed by atoms with van der Waals surface area (Å²) in [4.78, 5) is 24.8. The number of carboxylic acids is 1. The third-order valence-corrected chi connectivity index (χ3v) is 3.90. The van der Waals surface area contributed by atoms with Gasteiger partial charge in [-0.25, -0.2) is 4.68 Å². The van der Waals surface area contributed by atoms with Crippen LogP contribution in [0.15, 0.2) is 0 Å². The summed E-state index contributed by atoms with van der Waals surface area (Å²) >= 11 is 0. The maximum absolute atomic E-state index is 12.3. The molecule has 2 heterocycles. The molecule has 0 atom stereocenters. The maximum atomic E-state index is 12.3. The number of hydrogen-bond acceptors (Lipinski definition) is 4. The molecule has 0 bridgehead atoms. The van der Waals surface area contributed by atoms with Crippen molar-refractivity contribution in [3.05, 3.63) is 11.4 Å². The Balaban J connectivity index is 1.95. The van der Waals surface area contributed by atoms with Crippen molar-refractivity contribution in [1.29, 1.82) is 0 Å². The second-order valence-electron chi connectivity index (χ2n) is 5.47. The molecule has 0 aliphatic carbocycles. The number of likely N-dealkylation sites (tertiary alicyclic amines) is 1. The molecular formula is C14H22N4O3. The Morgan fingerprint density at radius 3 is 2.48 bits per heavy atom. The van der Waals surface area contributed by atoms with E-state index in [1.165, 1.54) is 12.8 Å². The number of hydrogen-bond donors (Lipinski definition) is 1. The number of amides is 1. The number of aryl methyl sites for hydroxylation is 1. The van der Waals surface area contributed by atoms with Crippen molar-refractivity contribution >= 4 is 11.9 Å². The fourth-order valence-electron chi connectivity index (χ4n) is 2.55. The van der Waals surface area contributed by atoms with Crippen molar-refractivity contribution in [3.63, 3.8) is 0 Å². The van der Waals surface area contributed by atoms with Crippen molar-refractivity contribution < 1.29 is 14.7 Å². The first-order valence-electron chi connectivity index (χ1n) is 7.46. The van der Waals surface area contributed by atoms with Crippen LogP contribution in [0.3, 0.4) is 0 Å². The van der Waals surface area contributed by atoms with Crippen LogP contribution in [0.2, 0.25) is 0 Å². The second kappa shape index (κ2) is 7.19. The number of carbonyl (C=O) groups excluding carboxylic acids is 1. The van der Waals surface area contributed by atoms with E-state index in [4.69, 9.17) is 5.11 Å². The molecule has 2 rings (SSSR count). The summed E-state index contributed by atoms with van der Waals surface area (Å²) in [5.74, 6) is -0.792. The molecule has 0 radical (unpaired) electrons. The van der Waals surface area contributed by atoms with Crippen molar-refractivity contribution in [1.82, 2.24) is 19.9 Å². The largest absolute Gasteiger partial charge is 0.481 e. The average molecular weight is 294 g/mol. The fourth-order valence-corrected chi connectivity index (χ4v) is 2.55. The minimum Gasteiger partial charge on any atom is -0.481 e. The van der Waals surface area contributed by atoms with Gasteiger partial charge in [-0.2, -0.15) is 0 Å². The summed E-state index contributed by atoms with van der Waals surface area (Å²) in [6, 6.07) is 0. The van der Waals surface area contributed by atoms with E-state index >= 15 is 0 Å². The Bertz CT molecular complexity index is 504. The summed E-state index contributed by atoms with van der Waals surface area (Å²) in [6.45, 7) is 3.65. The number of carbonyl (C=O) groups is 2. The SMILES string of the molecule is Cc1c(CCC(=O)O)nnn1CC(=O)N1CCCCCC1. The smallest absolute Gasteiger partial charge is 0.303 e. The molecule has 21 heavy (non-hydrogen) atoms. The molecular weight excluding hydrogens is 272 g/mol. The van der Waals surface area contributed by atoms with E-state index in [1.807, 2.05) is 11.8 Å². The lowest BCUT2D eigenvalue weighted by molar-refractivity contribution is -0.137. The van der Waals surface area contributed by atoms with Crippen LogP contribution >= 0.6 is 0 Å². The number of carboxylic acid groups (broad SMARTS) is 1. The summed E-state index contributed by atoms with van der Waals surface area (Å²) in [5.41, 5.74) is 1.43. The Morgan fingerprint density at radius 1 is 1.19 bits per heavy atom. The number of nitrogens with zero attached hydrogens (tertiary/aromatic N) is 4. The zero-order valence-electron chi connectivity index (χ0n) is 12.4. The zero-order chi connectivity index (χ0) is 15.2. The lowest BCUT2D eigenvalue weighted by Gasteiger charge is -2.20. The van der Waals surface area contributed by atoms with E-state index < -0.39 is 5.97 Å². The van der Waals surface area contributed by atoms with Gasteiger partial charge in [0.25, 0.3) is 0 Å². The summed E-state index contributed by atoms with van der Waals surface area (Å²) in [7, 11) is 0. The maximum Gasteiger partial charge on any atom is 0.303 e. The van der Waals surface area contributed by atoms with Crippen LogP contribution in [0.1, 0.15) is 43.5 Å². The predicted molar refractivity (Wildman–Crippen MR) is 75.8 cm³/mol. The second-order valence-corrected chi connectivity index (χ2v) is 5.47. The molecule has 1 N–H and O–H groups in total. The molecule has 1 aliphatic rings. The molecule has 0 spiro atoms. The minimum absolute atomic E-state index is 0.0274. The van der Waals surface area contributed by atoms with Crippen molar-refractivity contribution in [2.75, 3.05) is 13.1 Å². The molecule has 7 heteroatoms. The molecule has 1 aliphatic heterocycles. The molecule has 0 saturated carbocycles. The van der Waals surface area contributed by atoms with Gasteiger partial charge < -0.3 is 10.0 Å². The van der Waals surface area contributed by atoms with Gasteiger partial charge in [0.15, 0.2) is 0 Å². The van der Waals surface area contributed by atoms with Crippen molar-refractivity contribution in [2.45, 2.75) is 52.0 Å². The van der Waals surface area contributed by atoms with Crippen molar-refractivity contribution in [2.24, 2.45) is 0 Å². The molecule has 1 aromatic rings. The monoisotopic (exact) mass is 294 g/mol. The molecule has 1 aromatic heterocycles. The number of aromatic nitrogens is 3. The lowest BCUT2D eigenvalue weighted by Crippen LogP contribution is -2.35. The highest BCUT2D eigenvalue weighted by Crippen LogP contribution is 2.11. The first-order valence-corrected chi connectivity index (χ1v) is 7.46. The van der Waals surface area contributed by atoms with Crippen LogP contribution in [-0.4, -0.2) is 50.0 Å². The van der Waals surface area contributed by atoms with Gasteiger partial charge >= 0.3 is 5.97 Å². The average Bonchev–Trinajstić information content (AvgIpc) is 2.68. The predicted octanol–water partition coefficient (Wildman–Crippen LogP) is 1.01. The molecule has 116 valence electrons. The first kappa shape index (κ1) is 15.5. The van der Waals surface area contributed by atoms with Gasteiger partial charge in [0.1, 0.15) is 6.54 Å². The topological polar surface area (TPSA) is 88.3 Å². The summed E-state index contributed by atoms with van der Waals surface area (Å²) in [5, 5.41) is 16.7. The van der Waals surface area contributed by atoms with Crippen LogP contribution in [0.25, 0.3) is 0 Å².